The third-order valence-corrected chi connectivity index (χ3v) is 18.7. The first-order chi connectivity index (χ1) is 38.3. The van der Waals surface area contributed by atoms with Gasteiger partial charge in [-0.15, -0.1) is 0 Å². The normalized spacial score (nSPS) is 13.1. The second-order valence-corrected chi connectivity index (χ2v) is 23.4. The Kier molecular flexibility index (Phi) is 37.4. The Morgan fingerprint density at radius 2 is 0.291 bits per heavy atom. The number of hydrogen-bond acceptors (Lipinski definition) is 6. The zero-order chi connectivity index (χ0) is 53.5. The molecule has 1 heterocycles. The van der Waals surface area contributed by atoms with E-state index >= 15 is 0 Å². The van der Waals surface area contributed by atoms with Crippen molar-refractivity contribution in [1.29, 1.82) is 0 Å². The van der Waals surface area contributed by atoms with E-state index in [2.05, 4.69) is 280 Å². The first-order valence-corrected chi connectivity index (χ1v) is 29.9. The van der Waals surface area contributed by atoms with E-state index in [1.807, 2.05) is 0 Å². The van der Waals surface area contributed by atoms with Crippen LogP contribution in [0.5, 0.6) is 0 Å². The van der Waals surface area contributed by atoms with Crippen molar-refractivity contribution in [3.05, 3.63) is 280 Å². The van der Waals surface area contributed by atoms with Gasteiger partial charge < -0.3 is 28.4 Å². The summed E-state index contributed by atoms with van der Waals surface area (Å²) in [7, 11) is -1.34. The molecule has 1 saturated heterocycles. The molecule has 12 heteroatoms. The quantitative estimate of drug-likeness (QED) is 0.0650. The molecule has 9 aromatic carbocycles. The summed E-state index contributed by atoms with van der Waals surface area (Å²) in [5.41, 5.74) is 0. The van der Waals surface area contributed by atoms with Gasteiger partial charge in [0.2, 0.25) is 0 Å². The van der Waals surface area contributed by atoms with Crippen molar-refractivity contribution in [3.63, 3.8) is 0 Å². The van der Waals surface area contributed by atoms with Crippen LogP contribution in [0.3, 0.4) is 0 Å². The van der Waals surface area contributed by atoms with Crippen molar-refractivity contribution in [2.45, 2.75) is 0 Å². The van der Waals surface area contributed by atoms with Crippen molar-refractivity contribution in [3.8, 4) is 0 Å². The van der Waals surface area contributed by atoms with E-state index < -0.39 is 23.8 Å². The van der Waals surface area contributed by atoms with Gasteiger partial charge in [0, 0.05) is 19.5 Å². The molecule has 0 N–H and O–H groups in total. The van der Waals surface area contributed by atoms with Gasteiger partial charge in [-0.1, -0.05) is 273 Å². The van der Waals surface area contributed by atoms with Gasteiger partial charge in [-0.05, 0) is 71.5 Å². The maximum absolute atomic E-state index is 7.50. The van der Waals surface area contributed by atoms with E-state index in [0.717, 1.165) is 0 Å². The summed E-state index contributed by atoms with van der Waals surface area (Å²) in [5.74, 6) is 0. The minimum absolute atomic E-state index is 0. The first-order valence-electron chi connectivity index (χ1n) is 25.9. The van der Waals surface area contributed by atoms with Crippen LogP contribution < -0.4 is 99.1 Å². The number of rotatable bonds is 9. The summed E-state index contributed by atoms with van der Waals surface area (Å²) in [6.07, 6.45) is 0. The molecule has 1 radical (unpaired) electrons. The Balaban J connectivity index is 0.000000223. The van der Waals surface area contributed by atoms with E-state index in [0.29, 0.717) is 79.3 Å². The Labute approximate surface area is 529 Å². The number of benzene rings is 9. The Hall–Kier alpha value is -3.97. The fourth-order valence-corrected chi connectivity index (χ4v) is 14.8. The minimum atomic E-state index is -0.446. The zero-order valence-electron chi connectivity index (χ0n) is 45.0. The van der Waals surface area contributed by atoms with Crippen molar-refractivity contribution in [2.24, 2.45) is 0 Å². The predicted molar refractivity (Wildman–Crippen MR) is 324 cm³/mol. The van der Waals surface area contributed by atoms with Crippen LogP contribution in [0.15, 0.2) is 273 Å². The summed E-state index contributed by atoms with van der Waals surface area (Å²) < 4.78 is 39.5. The number of hydrogen-bond donors (Lipinski definition) is 0. The molecule has 0 atom stereocenters. The van der Waals surface area contributed by atoms with Crippen LogP contribution in [0, 0.1) is 6.65 Å². The molecular weight excluding hydrogens is 1150 g/mol. The van der Waals surface area contributed by atoms with Gasteiger partial charge in [0.25, 0.3) is 0 Å². The van der Waals surface area contributed by atoms with Gasteiger partial charge in [-0.2, -0.15) is 0 Å². The van der Waals surface area contributed by atoms with Crippen molar-refractivity contribution < 1.29 is 104 Å². The maximum atomic E-state index is 7.50. The molecule has 0 spiro atoms. The average Bonchev–Trinajstić information content (AvgIpc) is 3.53. The topological polar surface area (TPSA) is 75.3 Å². The Bertz CT molecular complexity index is 2200. The van der Waals surface area contributed by atoms with Gasteiger partial charge in [-0.3, -0.25) is 0 Å². The molecule has 1 aliphatic heterocycles. The Morgan fingerprint density at radius 3 is 0.380 bits per heavy atom. The summed E-state index contributed by atoms with van der Waals surface area (Å²) >= 11 is 0. The predicted octanol–water partition coefficient (Wildman–Crippen LogP) is 7.40. The Morgan fingerprint density at radius 1 is 0.203 bits per heavy atom. The van der Waals surface area contributed by atoms with Crippen molar-refractivity contribution in [1.82, 2.24) is 0 Å². The third-order valence-electron chi connectivity index (χ3n) is 11.4. The van der Waals surface area contributed by atoms with Gasteiger partial charge >= 0.3 is 62.7 Å². The molecule has 0 aromatic heterocycles. The molecule has 0 unspecified atom stereocenters. The van der Waals surface area contributed by atoms with Gasteiger partial charge in [0.05, 0.1) is 79.3 Å². The molecule has 1 aliphatic rings. The van der Waals surface area contributed by atoms with Crippen LogP contribution in [0.1, 0.15) is 0 Å². The molecule has 9 aromatic rings. The molecule has 403 valence electrons. The summed E-state index contributed by atoms with van der Waals surface area (Å²) in [6.45, 7) is 11.5. The third kappa shape index (κ3) is 25.8. The minimum Gasteiger partial charge on any atom is -0.0622 e. The second kappa shape index (κ2) is 43.7. The summed E-state index contributed by atoms with van der Waals surface area (Å²) in [4.78, 5) is 0. The summed E-state index contributed by atoms with van der Waals surface area (Å²) in [5, 5.41) is 12.6. The second-order valence-electron chi connectivity index (χ2n) is 16.7. The molecule has 0 aliphatic carbocycles. The van der Waals surface area contributed by atoms with E-state index in [9.17, 15) is 0 Å². The van der Waals surface area contributed by atoms with E-state index in [-0.39, 0.29) is 70.9 Å². The van der Waals surface area contributed by atoms with Crippen molar-refractivity contribution in [2.75, 3.05) is 79.3 Å². The maximum Gasteiger partial charge on any atom is 1.00 e. The molecule has 10 rings (SSSR count). The van der Waals surface area contributed by atoms with E-state index in [4.69, 9.17) is 33.1 Å². The molecule has 79 heavy (non-hydrogen) atoms. The van der Waals surface area contributed by atoms with Crippen LogP contribution in [-0.4, -0.2) is 79.3 Å². The average molecular weight is 1220 g/mol. The molecule has 0 saturated carbocycles. The summed E-state index contributed by atoms with van der Waals surface area (Å²) in [6, 6.07) is 97.0. The van der Waals surface area contributed by atoms with Crippen LogP contribution in [-0.2, 0) is 52.6 Å². The zero-order valence-corrected chi connectivity index (χ0v) is 52.4. The molecular formula is C67H69KO7P3Rh+. The van der Waals surface area contributed by atoms with Crippen LogP contribution >= 0.6 is 23.8 Å². The molecule has 7 nitrogen and oxygen atoms in total. The fourth-order valence-electron chi connectivity index (χ4n) is 7.85. The van der Waals surface area contributed by atoms with Crippen LogP contribution in [0.2, 0.25) is 0 Å². The standard InChI is InChI=1S/3C18H15P.C12H24O6.CO.K.Rh/c3*1-4-10-16(11-5-1)19(17-12-6-2-7-13-17)18-14-8-3-9-15-18;1-2-14-5-6-16-9-10-18-12-11-17-8-7-15-4-3-13-1;1-2;;/h3*1-15H;1-12H2;;;/q;;;;;+1;. The van der Waals surface area contributed by atoms with Crippen LogP contribution in [0.4, 0.5) is 0 Å². The largest absolute Gasteiger partial charge is 1.00 e. The first kappa shape index (κ1) is 67.5. The molecule has 0 amide bonds. The molecule has 1 fully saturated rings. The van der Waals surface area contributed by atoms with Crippen LogP contribution in [0.25, 0.3) is 0 Å². The number of ether oxygens (including phenoxy) is 6. The SMILES string of the molecule is C1COCCOCCOCCOCCOCCO1.[C-]#[O+].[K+].[Rh].c1ccc(P(c2ccccc2)c2ccccc2)cc1.c1ccc(P(c2ccccc2)c2ccccc2)cc1.c1ccc(P(c2ccccc2)c2ccccc2)cc1. The smallest absolute Gasteiger partial charge is 0.0622 e. The van der Waals surface area contributed by atoms with E-state index in [1.165, 1.54) is 47.7 Å². The fraction of sp³-hybridized carbons (Fsp3) is 0.179. The monoisotopic (exact) mass is 1220 g/mol. The molecule has 0 bridgehead atoms. The van der Waals surface area contributed by atoms with E-state index in [1.54, 1.807) is 0 Å². The van der Waals surface area contributed by atoms with Gasteiger partial charge in [0.1, 0.15) is 0 Å². The van der Waals surface area contributed by atoms with Crippen molar-refractivity contribution >= 4 is 71.5 Å². The van der Waals surface area contributed by atoms with Gasteiger partial charge in [-0.25, -0.2) is 0 Å². The van der Waals surface area contributed by atoms with Gasteiger partial charge in [0.15, 0.2) is 0 Å².